The quantitative estimate of drug-likeness (QED) is 0.541. The Morgan fingerprint density at radius 1 is 1.06 bits per heavy atom. The zero-order valence-electron chi connectivity index (χ0n) is 22.9. The predicted molar refractivity (Wildman–Crippen MR) is 117 cm³/mol. The number of halogens is 1. The average Bonchev–Trinajstić information content (AvgIpc) is 3.20. The highest BCUT2D eigenvalue weighted by Gasteiger charge is 2.31. The molecule has 0 bridgehead atoms. The average molecular weight is 426 g/mol. The van der Waals surface area contributed by atoms with E-state index in [9.17, 15) is 4.39 Å². The van der Waals surface area contributed by atoms with Crippen molar-refractivity contribution in [2.24, 2.45) is 5.92 Å². The van der Waals surface area contributed by atoms with Crippen molar-refractivity contribution in [3.8, 4) is 17.2 Å². The van der Waals surface area contributed by atoms with Crippen LogP contribution in [0.15, 0.2) is 72.7 Å². The van der Waals surface area contributed by atoms with Crippen molar-refractivity contribution in [1.29, 1.82) is 0 Å². The van der Waals surface area contributed by atoms with Crippen LogP contribution >= 0.6 is 0 Å². The third-order valence-electron chi connectivity index (χ3n) is 5.74. The highest BCUT2D eigenvalue weighted by molar-refractivity contribution is 5.46. The van der Waals surface area contributed by atoms with Crippen molar-refractivity contribution >= 4 is 0 Å². The molecule has 1 fully saturated rings. The fourth-order valence-corrected chi connectivity index (χ4v) is 4.22. The summed E-state index contributed by atoms with van der Waals surface area (Å²) in [6, 6.07) is 13.3. The van der Waals surface area contributed by atoms with Gasteiger partial charge in [-0.3, -0.25) is 4.90 Å². The molecule has 0 spiro atoms. The van der Waals surface area contributed by atoms with E-state index in [0.717, 1.165) is 13.1 Å². The molecule has 5 heteroatoms. The number of hydrogen-bond donors (Lipinski definition) is 0. The summed E-state index contributed by atoms with van der Waals surface area (Å²) in [5, 5.41) is 0. The molecule has 2 atom stereocenters. The molecule has 1 saturated heterocycles. The van der Waals surface area contributed by atoms with E-state index in [4.69, 9.17) is 22.4 Å². The first-order valence-electron chi connectivity index (χ1n) is 13.3. The lowest BCUT2D eigenvalue weighted by atomic mass is 9.80. The summed E-state index contributed by atoms with van der Waals surface area (Å²) in [5.41, 5.74) is 1.87. The number of nitrogens with zero attached hydrogens (tertiary/aromatic N) is 1. The molecule has 5 rings (SSSR count). The number of hydrogen-bond acceptors (Lipinski definition) is 4. The van der Waals surface area contributed by atoms with Crippen LogP contribution in [-0.4, -0.2) is 31.3 Å². The fourth-order valence-electron chi connectivity index (χ4n) is 4.22. The van der Waals surface area contributed by atoms with E-state index in [1.54, 1.807) is 0 Å². The van der Waals surface area contributed by atoms with E-state index < -0.39 is 12.6 Å². The SMILES string of the molecule is [2H]c1cc([C@@H]2CCN(Cc3ccccc3)C[C@H]2COc2cc([2H])c3c(c2[2H])OC([2H])([2H])O3)cc([2H])c1F. The van der Waals surface area contributed by atoms with Gasteiger partial charge in [0, 0.05) is 25.0 Å². The number of rotatable bonds is 6. The maximum absolute atomic E-state index is 14.0. The molecule has 2 aliphatic rings. The van der Waals surface area contributed by atoms with Crippen LogP contribution in [0.4, 0.5) is 4.39 Å². The monoisotopic (exact) mass is 425 g/mol. The molecule has 2 heterocycles. The van der Waals surface area contributed by atoms with Gasteiger partial charge in [0.15, 0.2) is 11.5 Å². The van der Waals surface area contributed by atoms with E-state index in [1.165, 1.54) is 23.8 Å². The Labute approximate surface area is 190 Å². The molecule has 0 unspecified atom stereocenters. The van der Waals surface area contributed by atoms with Crippen molar-refractivity contribution in [1.82, 2.24) is 4.90 Å². The molecular weight excluding hydrogens is 393 g/mol. The number of piperidine rings is 1. The van der Waals surface area contributed by atoms with Crippen molar-refractivity contribution in [3.05, 3.63) is 89.6 Å². The largest absolute Gasteiger partial charge is 0.493 e. The summed E-state index contributed by atoms with van der Waals surface area (Å²) in [6.45, 7) is -0.157. The molecule has 0 N–H and O–H groups in total. The second kappa shape index (κ2) is 8.98. The van der Waals surface area contributed by atoms with Crippen LogP contribution in [0.3, 0.4) is 0 Å². The van der Waals surface area contributed by atoms with E-state index in [-0.39, 0.29) is 59.9 Å². The van der Waals surface area contributed by atoms with Crippen molar-refractivity contribution in [2.75, 3.05) is 26.4 Å². The zero-order valence-corrected chi connectivity index (χ0v) is 16.9. The summed E-state index contributed by atoms with van der Waals surface area (Å²) in [4.78, 5) is 2.29. The van der Waals surface area contributed by atoms with E-state index in [2.05, 4.69) is 17.0 Å². The van der Waals surface area contributed by atoms with E-state index >= 15 is 0 Å². The third-order valence-corrected chi connectivity index (χ3v) is 5.74. The van der Waals surface area contributed by atoms with Gasteiger partial charge in [-0.25, -0.2) is 4.39 Å². The Bertz CT molecular complexity index is 1290. The molecule has 160 valence electrons. The van der Waals surface area contributed by atoms with Crippen LogP contribution in [0, 0.1) is 11.7 Å². The highest BCUT2D eigenvalue weighted by atomic mass is 19.1. The Morgan fingerprint density at radius 2 is 1.87 bits per heavy atom. The van der Waals surface area contributed by atoms with Gasteiger partial charge < -0.3 is 14.2 Å². The molecule has 0 amide bonds. The number of likely N-dealkylation sites (tertiary alicyclic amines) is 1. The highest BCUT2D eigenvalue weighted by Crippen LogP contribution is 2.37. The maximum Gasteiger partial charge on any atom is 0.231 e. The first-order valence-corrected chi connectivity index (χ1v) is 10.3. The summed E-state index contributed by atoms with van der Waals surface area (Å²) in [6.07, 6.45) is 0.712. The molecule has 0 saturated carbocycles. The second-order valence-corrected chi connectivity index (χ2v) is 7.80. The molecule has 31 heavy (non-hydrogen) atoms. The Morgan fingerprint density at radius 3 is 2.71 bits per heavy atom. The van der Waals surface area contributed by atoms with E-state index in [0.29, 0.717) is 18.5 Å². The molecule has 2 aliphatic heterocycles. The van der Waals surface area contributed by atoms with Crippen LogP contribution < -0.4 is 14.2 Å². The molecule has 4 nitrogen and oxygen atoms in total. The van der Waals surface area contributed by atoms with Gasteiger partial charge in [-0.05, 0) is 54.2 Å². The number of fused-ring (bicyclic) bond motifs is 1. The second-order valence-electron chi connectivity index (χ2n) is 7.80. The van der Waals surface area contributed by atoms with Gasteiger partial charge in [-0.2, -0.15) is 0 Å². The van der Waals surface area contributed by atoms with Crippen LogP contribution in [0.25, 0.3) is 0 Å². The maximum atomic E-state index is 14.0. The van der Waals surface area contributed by atoms with Gasteiger partial charge >= 0.3 is 0 Å². The topological polar surface area (TPSA) is 30.9 Å². The van der Waals surface area contributed by atoms with Gasteiger partial charge in [0.2, 0.25) is 6.75 Å². The number of benzene rings is 3. The minimum absolute atomic E-state index is 0.0745. The van der Waals surface area contributed by atoms with Crippen LogP contribution in [-0.2, 0) is 6.54 Å². The minimum Gasteiger partial charge on any atom is -0.493 e. The first kappa shape index (κ1) is 14.1. The fraction of sp³-hybridized carbons (Fsp3) is 0.308. The van der Waals surface area contributed by atoms with Crippen molar-refractivity contribution in [3.63, 3.8) is 0 Å². The first-order chi connectivity index (χ1) is 17.6. The summed E-state index contributed by atoms with van der Waals surface area (Å²) in [7, 11) is 0. The lowest BCUT2D eigenvalue weighted by molar-refractivity contribution is 0.106. The smallest absolute Gasteiger partial charge is 0.231 e. The van der Waals surface area contributed by atoms with Gasteiger partial charge in [-0.1, -0.05) is 42.5 Å². The molecule has 3 aromatic carbocycles. The van der Waals surface area contributed by atoms with E-state index in [1.807, 2.05) is 18.2 Å². The zero-order chi connectivity index (χ0) is 26.3. The predicted octanol–water partition coefficient (Wildman–Crippen LogP) is 5.24. The minimum atomic E-state index is -2.45. The lowest BCUT2D eigenvalue weighted by Crippen LogP contribution is -2.41. The van der Waals surface area contributed by atoms with Crippen molar-refractivity contribution in [2.45, 2.75) is 18.9 Å². The van der Waals surface area contributed by atoms with Gasteiger partial charge in [0.25, 0.3) is 0 Å². The van der Waals surface area contributed by atoms with Gasteiger partial charge in [0.05, 0.1) is 12.1 Å². The Balaban J connectivity index is 1.40. The summed E-state index contributed by atoms with van der Waals surface area (Å²) >= 11 is 0. The summed E-state index contributed by atoms with van der Waals surface area (Å²) < 4.78 is 77.8. The van der Waals surface area contributed by atoms with Crippen LogP contribution in [0.1, 0.15) is 31.7 Å². The standard InChI is InChI=1S/C26H26FNO3/c27-22-8-6-20(7-9-22)24-12-13-28(15-19-4-2-1-3-5-19)16-21(24)17-29-23-10-11-25-26(14-23)31-18-30-25/h1-11,14,21,24H,12-13,15-18H2/t21-,24-/m0/s1/i8D,9D,11D,14D,18D2. The summed E-state index contributed by atoms with van der Waals surface area (Å²) in [5.74, 6) is -1.30. The van der Waals surface area contributed by atoms with Crippen molar-refractivity contribution < 1.29 is 26.8 Å². The lowest BCUT2D eigenvalue weighted by Gasteiger charge is -2.39. The normalized spacial score (nSPS) is 24.9. The molecule has 0 aromatic heterocycles. The Kier molecular flexibility index (Phi) is 4.08. The van der Waals surface area contributed by atoms with Crippen LogP contribution in [0.2, 0.25) is 0 Å². The molecule has 0 radical (unpaired) electrons. The van der Waals surface area contributed by atoms with Gasteiger partial charge in [0.1, 0.15) is 14.3 Å². The molecular formula is C26H26FNO3. The molecule has 0 aliphatic carbocycles. The Hall–Kier alpha value is -3.05. The van der Waals surface area contributed by atoms with Crippen LogP contribution in [0.5, 0.6) is 17.2 Å². The molecule has 3 aromatic rings. The third kappa shape index (κ3) is 4.67. The number of ether oxygens (including phenoxy) is 3. The van der Waals surface area contributed by atoms with Gasteiger partial charge in [-0.15, -0.1) is 0 Å².